The van der Waals surface area contributed by atoms with E-state index in [1.165, 1.54) is 21.8 Å². The number of aromatic nitrogens is 3. The number of anilines is 1. The molecule has 1 aliphatic heterocycles. The summed E-state index contributed by atoms with van der Waals surface area (Å²) in [7, 11) is -3.31. The first-order valence-electron chi connectivity index (χ1n) is 8.85. The number of hydrogen-bond donors (Lipinski definition) is 1. The largest absolute Gasteiger partial charge is 0.296 e. The smallest absolute Gasteiger partial charge is 0.277 e. The van der Waals surface area contributed by atoms with Crippen molar-refractivity contribution in [2.24, 2.45) is 0 Å². The molecule has 0 atom stereocenters. The number of carbonyl (C=O) groups excluding carboxylic acids is 1. The van der Waals surface area contributed by atoms with Gasteiger partial charge in [-0.2, -0.15) is 4.31 Å². The maximum absolute atomic E-state index is 12.5. The fourth-order valence-corrected chi connectivity index (χ4v) is 5.32. The Bertz CT molecular complexity index is 1160. The first-order chi connectivity index (χ1) is 13.3. The van der Waals surface area contributed by atoms with Crippen LogP contribution in [0.1, 0.15) is 34.9 Å². The van der Waals surface area contributed by atoms with E-state index in [2.05, 4.69) is 20.3 Å². The second-order valence-corrected chi connectivity index (χ2v) is 10.3. The Morgan fingerprint density at radius 3 is 2.71 bits per heavy atom. The topological polar surface area (TPSA) is 105 Å². The molecule has 0 fully saturated rings. The Morgan fingerprint density at radius 1 is 1.21 bits per heavy atom. The van der Waals surface area contributed by atoms with E-state index >= 15 is 0 Å². The monoisotopic (exact) mass is 417 g/mol. The highest BCUT2D eigenvalue weighted by Crippen LogP contribution is 2.30. The molecule has 0 unspecified atom stereocenters. The molecule has 1 N–H and O–H groups in total. The van der Waals surface area contributed by atoms with Gasteiger partial charge in [0.2, 0.25) is 10.0 Å². The van der Waals surface area contributed by atoms with Gasteiger partial charge >= 0.3 is 0 Å². The van der Waals surface area contributed by atoms with E-state index in [9.17, 15) is 13.2 Å². The molecule has 1 aromatic carbocycles. The molecule has 0 spiro atoms. The standard InChI is InChI=1S/C18H19N5O3S2/c1-11(2)28(25,26)23-8-7-14-16(10-23)27-18(21-14)22-17(24)15-9-19-12-5-3-4-6-13(12)20-15/h3-6,9,11H,7-8,10H2,1-2H3,(H,21,22,24). The van der Waals surface area contributed by atoms with Gasteiger partial charge in [-0.15, -0.1) is 11.3 Å². The van der Waals surface area contributed by atoms with Crippen LogP contribution in [0, 0.1) is 0 Å². The summed E-state index contributed by atoms with van der Waals surface area (Å²) in [5.41, 5.74) is 2.40. The van der Waals surface area contributed by atoms with Crippen molar-refractivity contribution < 1.29 is 13.2 Å². The SMILES string of the molecule is CC(C)S(=O)(=O)N1CCc2nc(NC(=O)c3cnc4ccccc4n3)sc2C1. The summed E-state index contributed by atoms with van der Waals surface area (Å²) >= 11 is 1.30. The fourth-order valence-electron chi connectivity index (χ4n) is 2.97. The van der Waals surface area contributed by atoms with Gasteiger partial charge in [-0.3, -0.25) is 15.1 Å². The number of amides is 1. The van der Waals surface area contributed by atoms with Crippen molar-refractivity contribution in [3.8, 4) is 0 Å². The number of carbonyl (C=O) groups is 1. The van der Waals surface area contributed by atoms with E-state index in [1.807, 2.05) is 18.2 Å². The Balaban J connectivity index is 1.52. The van der Waals surface area contributed by atoms with Gasteiger partial charge in [0.1, 0.15) is 5.69 Å². The summed E-state index contributed by atoms with van der Waals surface area (Å²) in [6.07, 6.45) is 1.96. The summed E-state index contributed by atoms with van der Waals surface area (Å²) in [4.78, 5) is 26.4. The number of nitrogens with one attached hydrogen (secondary N) is 1. The molecule has 4 rings (SSSR count). The highest BCUT2D eigenvalue weighted by Gasteiger charge is 2.31. The maximum atomic E-state index is 12.5. The van der Waals surface area contributed by atoms with Crippen molar-refractivity contribution in [3.05, 3.63) is 46.7 Å². The van der Waals surface area contributed by atoms with E-state index in [-0.39, 0.29) is 5.69 Å². The van der Waals surface area contributed by atoms with E-state index in [0.29, 0.717) is 30.2 Å². The minimum Gasteiger partial charge on any atom is -0.296 e. The molecule has 0 radical (unpaired) electrons. The van der Waals surface area contributed by atoms with Gasteiger partial charge < -0.3 is 0 Å². The van der Waals surface area contributed by atoms with Crippen LogP contribution in [0.5, 0.6) is 0 Å². The third kappa shape index (κ3) is 3.50. The average Bonchev–Trinajstić information content (AvgIpc) is 3.08. The third-order valence-corrected chi connectivity index (χ3v) is 7.77. The Hall–Kier alpha value is -2.43. The molecule has 0 bridgehead atoms. The second kappa shape index (κ2) is 7.19. The lowest BCUT2D eigenvalue weighted by molar-refractivity contribution is 0.102. The van der Waals surface area contributed by atoms with E-state index in [4.69, 9.17) is 0 Å². The molecule has 8 nitrogen and oxygen atoms in total. The number of thiazole rings is 1. The highest BCUT2D eigenvalue weighted by atomic mass is 32.2. The number of sulfonamides is 1. The van der Waals surface area contributed by atoms with Gasteiger partial charge in [0.15, 0.2) is 5.13 Å². The van der Waals surface area contributed by atoms with Gasteiger partial charge in [-0.05, 0) is 26.0 Å². The second-order valence-electron chi connectivity index (χ2n) is 6.76. The van der Waals surface area contributed by atoms with Crippen molar-refractivity contribution in [2.45, 2.75) is 32.1 Å². The Morgan fingerprint density at radius 2 is 1.96 bits per heavy atom. The van der Waals surface area contributed by atoms with Gasteiger partial charge in [0.25, 0.3) is 5.91 Å². The van der Waals surface area contributed by atoms with Crippen molar-refractivity contribution in [3.63, 3.8) is 0 Å². The summed E-state index contributed by atoms with van der Waals surface area (Å²) in [5, 5.41) is 2.73. The number of para-hydroxylation sites is 2. The molecule has 0 saturated carbocycles. The number of nitrogens with zero attached hydrogens (tertiary/aromatic N) is 4. The molecule has 0 aliphatic carbocycles. The third-order valence-electron chi connectivity index (χ3n) is 4.55. The lowest BCUT2D eigenvalue weighted by Crippen LogP contribution is -2.39. The first-order valence-corrected chi connectivity index (χ1v) is 11.2. The minimum absolute atomic E-state index is 0.205. The van der Waals surface area contributed by atoms with Gasteiger partial charge in [0, 0.05) is 24.4 Å². The van der Waals surface area contributed by atoms with Crippen LogP contribution in [0.3, 0.4) is 0 Å². The van der Waals surface area contributed by atoms with Crippen molar-refractivity contribution in [2.75, 3.05) is 11.9 Å². The Labute approximate surface area is 166 Å². The van der Waals surface area contributed by atoms with Gasteiger partial charge in [-0.1, -0.05) is 12.1 Å². The van der Waals surface area contributed by atoms with Crippen LogP contribution in [0.2, 0.25) is 0 Å². The number of rotatable bonds is 4. The fraction of sp³-hybridized carbons (Fsp3) is 0.333. The molecule has 28 heavy (non-hydrogen) atoms. The molecule has 1 amide bonds. The summed E-state index contributed by atoms with van der Waals surface area (Å²) in [6.45, 7) is 4.04. The zero-order chi connectivity index (χ0) is 19.9. The maximum Gasteiger partial charge on any atom is 0.277 e. The van der Waals surface area contributed by atoms with Crippen molar-refractivity contribution in [1.82, 2.24) is 19.3 Å². The molecule has 1 aliphatic rings. The Kier molecular flexibility index (Phi) is 4.86. The van der Waals surface area contributed by atoms with Crippen LogP contribution in [0.25, 0.3) is 11.0 Å². The summed E-state index contributed by atoms with van der Waals surface area (Å²) in [5.74, 6) is -0.393. The normalized spacial score (nSPS) is 15.0. The quantitative estimate of drug-likeness (QED) is 0.699. The van der Waals surface area contributed by atoms with Crippen LogP contribution in [-0.4, -0.2) is 45.4 Å². The average molecular weight is 418 g/mol. The van der Waals surface area contributed by atoms with Crippen LogP contribution >= 0.6 is 11.3 Å². The summed E-state index contributed by atoms with van der Waals surface area (Å²) in [6, 6.07) is 7.32. The zero-order valence-corrected chi connectivity index (χ0v) is 17.0. The molecular formula is C18H19N5O3S2. The molecule has 146 valence electrons. The lowest BCUT2D eigenvalue weighted by atomic mass is 10.2. The molecule has 0 saturated heterocycles. The molecule has 2 aromatic heterocycles. The van der Waals surface area contributed by atoms with Crippen molar-refractivity contribution >= 4 is 43.4 Å². The van der Waals surface area contributed by atoms with Crippen molar-refractivity contribution in [1.29, 1.82) is 0 Å². The van der Waals surface area contributed by atoms with Gasteiger partial charge in [-0.25, -0.2) is 18.4 Å². The predicted molar refractivity (Wildman–Crippen MR) is 108 cm³/mol. The first kappa shape index (κ1) is 18.9. The van der Waals surface area contributed by atoms with E-state index in [0.717, 1.165) is 16.1 Å². The number of hydrogen-bond acceptors (Lipinski definition) is 7. The molecule has 3 heterocycles. The lowest BCUT2D eigenvalue weighted by Gasteiger charge is -2.26. The minimum atomic E-state index is -3.31. The molecule has 10 heteroatoms. The highest BCUT2D eigenvalue weighted by molar-refractivity contribution is 7.89. The van der Waals surface area contributed by atoms with Gasteiger partial charge in [0.05, 0.1) is 28.2 Å². The van der Waals surface area contributed by atoms with Crippen LogP contribution in [-0.2, 0) is 23.0 Å². The van der Waals surface area contributed by atoms with Crippen LogP contribution in [0.4, 0.5) is 5.13 Å². The number of benzene rings is 1. The van der Waals surface area contributed by atoms with Crippen LogP contribution < -0.4 is 5.32 Å². The number of fused-ring (bicyclic) bond motifs is 2. The zero-order valence-electron chi connectivity index (χ0n) is 15.4. The molecule has 3 aromatic rings. The summed E-state index contributed by atoms with van der Waals surface area (Å²) < 4.78 is 26.3. The predicted octanol–water partition coefficient (Wildman–Crippen LogP) is 2.43. The molecular weight excluding hydrogens is 398 g/mol. The van der Waals surface area contributed by atoms with E-state index < -0.39 is 21.2 Å². The van der Waals surface area contributed by atoms with E-state index in [1.54, 1.807) is 19.9 Å². The van der Waals surface area contributed by atoms with Crippen LogP contribution in [0.15, 0.2) is 30.5 Å².